The smallest absolute Gasteiger partial charge is 0.159 e. The molecule has 6 nitrogen and oxygen atoms in total. The van der Waals surface area contributed by atoms with Gasteiger partial charge in [-0.15, -0.1) is 19.7 Å². The van der Waals surface area contributed by atoms with Crippen molar-refractivity contribution in [3.8, 4) is 34.0 Å². The monoisotopic (exact) mass is 1110 g/mol. The Labute approximate surface area is 503 Å². The van der Waals surface area contributed by atoms with E-state index in [1.807, 2.05) is 89.8 Å². The Bertz CT molecular complexity index is 4450. The summed E-state index contributed by atoms with van der Waals surface area (Å²) in [5.74, 6) is 0.683. The van der Waals surface area contributed by atoms with E-state index in [1.54, 1.807) is 12.2 Å². The molecule has 0 spiro atoms. The number of hydrogen-bond acceptors (Lipinski definition) is 4. The van der Waals surface area contributed by atoms with Gasteiger partial charge in [-0.25, -0.2) is 9.97 Å². The van der Waals surface area contributed by atoms with Crippen LogP contribution in [0.25, 0.3) is 111 Å². The van der Waals surface area contributed by atoms with Gasteiger partial charge in [-0.2, -0.15) is 0 Å². The zero-order chi connectivity index (χ0) is 60.4. The minimum absolute atomic E-state index is 0.683. The molecule has 11 aromatic rings. The summed E-state index contributed by atoms with van der Waals surface area (Å²) in [7, 11) is 1.81. The number of aromatic nitrogens is 4. The van der Waals surface area contributed by atoms with Gasteiger partial charge < -0.3 is 9.13 Å². The lowest BCUT2D eigenvalue weighted by Crippen LogP contribution is -2.01. The third-order valence-corrected chi connectivity index (χ3v) is 14.7. The summed E-state index contributed by atoms with van der Waals surface area (Å²) in [5, 5.41) is 10.9. The summed E-state index contributed by atoms with van der Waals surface area (Å²) in [4.78, 5) is 19.9. The van der Waals surface area contributed by atoms with E-state index >= 15 is 0 Å². The van der Waals surface area contributed by atoms with Crippen LogP contribution in [0, 0.1) is 0 Å². The Morgan fingerprint density at radius 2 is 1.22 bits per heavy atom. The number of rotatable bonds is 16. The SMILES string of the molecule is C=C.C=C/C=C(C=C)/C(/N=C/C(=C/CC)C/C=C\C)=C(/C=NC)c1cccc(-n2c3ccccc3c3c4c5c(/C=C\C)c(CC)n(-c6cccc(-c7nccc(-c8ccccc8)n7)c6)c5c5ccccc5c4c4ccccc4c32)c1.C=CC.CC. The minimum atomic E-state index is 0.683. The van der Waals surface area contributed by atoms with Crippen LogP contribution in [0.3, 0.4) is 0 Å². The standard InChI is InChI=1S/C72H62N6.C3H6.C2H6.C2H4/c1-8-14-29-48(26-9-2)46-75-69(49(12-5)27-10-3)61(47-73-7)51-32-24-34-53(44-51)78-64-41-23-22-40-60(64)67-68-65(56-37-19-21-39-58(56)71(67)78)55-36-18-20-38-57(55)70-66(68)59(28-11-4)63(13-6)77(70)54-35-25-33-52(45-54)72-74-43-42-62(76-72)50-30-16-15-17-31-50;1-3-2;2*1-2/h8,10-12,14-28,30-47H,3,5,9,13,29H2,1-2,4,6-7H3;3H,1H2,2H3;1-2H3;1-2H2/b14-8-,28-11-,48-26+,49-27+,69-61+,73-47?,75-46+;;;. The van der Waals surface area contributed by atoms with Crippen molar-refractivity contribution in [2.45, 2.75) is 67.7 Å². The third-order valence-electron chi connectivity index (χ3n) is 14.7. The summed E-state index contributed by atoms with van der Waals surface area (Å²) in [6, 6.07) is 56.8. The van der Waals surface area contributed by atoms with Crippen LogP contribution in [0.1, 0.15) is 78.1 Å². The van der Waals surface area contributed by atoms with Crippen molar-refractivity contribution in [2.24, 2.45) is 9.98 Å². The van der Waals surface area contributed by atoms with E-state index in [9.17, 15) is 0 Å². The first-order valence-corrected chi connectivity index (χ1v) is 29.5. The zero-order valence-electron chi connectivity index (χ0n) is 50.8. The molecule has 0 aliphatic carbocycles. The van der Waals surface area contributed by atoms with Crippen molar-refractivity contribution in [3.63, 3.8) is 0 Å². The first-order valence-electron chi connectivity index (χ1n) is 29.5. The summed E-state index contributed by atoms with van der Waals surface area (Å²) < 4.78 is 5.00. The molecule has 0 radical (unpaired) electrons. The highest BCUT2D eigenvalue weighted by atomic mass is 15.0. The van der Waals surface area contributed by atoms with Gasteiger partial charge in [0.2, 0.25) is 0 Å². The molecule has 6 heteroatoms. The van der Waals surface area contributed by atoms with Gasteiger partial charge in [0.15, 0.2) is 5.82 Å². The maximum atomic E-state index is 5.25. The maximum absolute atomic E-state index is 5.25. The quantitative estimate of drug-likeness (QED) is 0.0419. The topological polar surface area (TPSA) is 60.4 Å². The minimum Gasteiger partial charge on any atom is -0.312 e. The molecule has 424 valence electrons. The maximum Gasteiger partial charge on any atom is 0.159 e. The van der Waals surface area contributed by atoms with Crippen molar-refractivity contribution in [1.82, 2.24) is 19.1 Å². The van der Waals surface area contributed by atoms with E-state index in [4.69, 9.17) is 15.0 Å². The normalized spacial score (nSPS) is 12.3. The highest BCUT2D eigenvalue weighted by Crippen LogP contribution is 2.50. The number of para-hydroxylation sites is 1. The van der Waals surface area contributed by atoms with Crippen molar-refractivity contribution in [1.29, 1.82) is 0 Å². The summed E-state index contributed by atoms with van der Waals surface area (Å²) in [6.07, 6.45) is 26.6. The second-order valence-electron chi connectivity index (χ2n) is 19.8. The molecule has 3 heterocycles. The Kier molecular flexibility index (Phi) is 21.0. The molecule has 8 aromatic carbocycles. The van der Waals surface area contributed by atoms with Gasteiger partial charge in [0.25, 0.3) is 0 Å². The van der Waals surface area contributed by atoms with Crippen LogP contribution in [0.4, 0.5) is 0 Å². The van der Waals surface area contributed by atoms with Gasteiger partial charge >= 0.3 is 0 Å². The fourth-order valence-electron chi connectivity index (χ4n) is 11.5. The highest BCUT2D eigenvalue weighted by Gasteiger charge is 2.28. The van der Waals surface area contributed by atoms with Crippen LogP contribution >= 0.6 is 0 Å². The Morgan fingerprint density at radius 1 is 0.612 bits per heavy atom. The predicted molar refractivity (Wildman–Crippen MR) is 375 cm³/mol. The molecule has 3 aromatic heterocycles. The summed E-state index contributed by atoms with van der Waals surface area (Å²) >= 11 is 0. The van der Waals surface area contributed by atoms with Gasteiger partial charge in [-0.1, -0.05) is 217 Å². The second kappa shape index (κ2) is 29.3. The van der Waals surface area contributed by atoms with Crippen molar-refractivity contribution in [3.05, 3.63) is 279 Å². The Morgan fingerprint density at radius 3 is 1.85 bits per heavy atom. The van der Waals surface area contributed by atoms with E-state index in [-0.39, 0.29) is 0 Å². The van der Waals surface area contributed by atoms with E-state index in [2.05, 4.69) is 232 Å². The molecule has 11 rings (SSSR count). The lowest BCUT2D eigenvalue weighted by atomic mass is 9.89. The number of hydrogen-bond donors (Lipinski definition) is 0. The largest absolute Gasteiger partial charge is 0.312 e. The van der Waals surface area contributed by atoms with Crippen molar-refractivity contribution in [2.75, 3.05) is 7.05 Å². The molecule has 0 amide bonds. The zero-order valence-corrected chi connectivity index (χ0v) is 50.8. The number of fused-ring (bicyclic) bond motifs is 13. The molecule has 0 aliphatic rings. The van der Waals surface area contributed by atoms with E-state index in [1.165, 1.54) is 65.3 Å². The average molecular weight is 1110 g/mol. The van der Waals surface area contributed by atoms with Crippen LogP contribution < -0.4 is 0 Å². The third kappa shape index (κ3) is 12.1. The lowest BCUT2D eigenvalue weighted by Gasteiger charge is -2.17. The van der Waals surface area contributed by atoms with E-state index in [0.717, 1.165) is 86.5 Å². The van der Waals surface area contributed by atoms with Crippen LogP contribution in [-0.4, -0.2) is 38.6 Å². The van der Waals surface area contributed by atoms with Crippen molar-refractivity contribution < 1.29 is 0 Å². The van der Waals surface area contributed by atoms with E-state index < -0.39 is 0 Å². The molecule has 0 unspecified atom stereocenters. The average Bonchev–Trinajstić information content (AvgIpc) is 1.71. The molecule has 0 fully saturated rings. The van der Waals surface area contributed by atoms with E-state index in [0.29, 0.717) is 5.82 Å². The fourth-order valence-corrected chi connectivity index (χ4v) is 11.5. The van der Waals surface area contributed by atoms with Crippen LogP contribution in [0.2, 0.25) is 0 Å². The number of benzene rings is 8. The predicted octanol–water partition coefficient (Wildman–Crippen LogP) is 22.0. The molecule has 0 N–H and O–H groups in total. The van der Waals surface area contributed by atoms with Crippen LogP contribution in [0.15, 0.2) is 272 Å². The van der Waals surface area contributed by atoms with Gasteiger partial charge in [0.05, 0.1) is 27.9 Å². The molecular formula is C79H78N6. The highest BCUT2D eigenvalue weighted by molar-refractivity contribution is 6.43. The molecule has 0 saturated carbocycles. The fraction of sp³-hybridized carbons (Fsp3) is 0.139. The Hall–Kier alpha value is -10.0. The van der Waals surface area contributed by atoms with Crippen LogP contribution in [0.5, 0.6) is 0 Å². The van der Waals surface area contributed by atoms with Crippen molar-refractivity contribution >= 4 is 89.1 Å². The van der Waals surface area contributed by atoms with Gasteiger partial charge in [-0.3, -0.25) is 9.98 Å². The second-order valence-corrected chi connectivity index (χ2v) is 19.8. The lowest BCUT2D eigenvalue weighted by molar-refractivity contribution is 0.959. The first kappa shape index (κ1) is 61.0. The summed E-state index contributed by atoms with van der Waals surface area (Å²) in [6.45, 7) is 32.2. The molecule has 0 atom stereocenters. The van der Waals surface area contributed by atoms with Crippen LogP contribution in [-0.2, 0) is 6.42 Å². The molecule has 85 heavy (non-hydrogen) atoms. The molecule has 0 aliphatic heterocycles. The number of allylic oxidation sites excluding steroid dienone is 10. The molecule has 0 saturated heterocycles. The van der Waals surface area contributed by atoms with Gasteiger partial charge in [0.1, 0.15) is 0 Å². The Balaban J connectivity index is 0.00000129. The summed E-state index contributed by atoms with van der Waals surface area (Å²) in [5.41, 5.74) is 15.4. The number of aliphatic imine (C=N–C) groups is 2. The number of nitrogens with zero attached hydrogens (tertiary/aromatic N) is 6. The van der Waals surface area contributed by atoms with Gasteiger partial charge in [-0.05, 0) is 104 Å². The molecule has 0 bridgehead atoms. The van der Waals surface area contributed by atoms with Gasteiger partial charge in [0, 0.05) is 103 Å². The first-order chi connectivity index (χ1) is 41.9. The molecular weight excluding hydrogens is 1030 g/mol.